The van der Waals surface area contributed by atoms with Gasteiger partial charge in [-0.25, -0.2) is 0 Å². The van der Waals surface area contributed by atoms with Crippen LogP contribution in [0.15, 0.2) is 42.7 Å². The predicted molar refractivity (Wildman–Crippen MR) is 59.4 cm³/mol. The van der Waals surface area contributed by atoms with Gasteiger partial charge in [0.25, 0.3) is 0 Å². The van der Waals surface area contributed by atoms with Gasteiger partial charge in [-0.2, -0.15) is 5.26 Å². The average molecular weight is 215 g/mol. The van der Waals surface area contributed by atoms with Crippen LogP contribution in [-0.4, -0.2) is 4.98 Å². The Morgan fingerprint density at radius 2 is 1.87 bits per heavy atom. The largest absolute Gasteiger partial charge is 0.263 e. The molecule has 1 aromatic carbocycles. The van der Waals surface area contributed by atoms with Crippen molar-refractivity contribution in [3.63, 3.8) is 0 Å². The number of nitrogens with zero attached hydrogens (tertiary/aromatic N) is 2. The van der Waals surface area contributed by atoms with E-state index in [1.165, 1.54) is 6.20 Å². The standard InChI is InChI=1S/C12H7ClN2/c13-12-10(6-14)7-15-8-11(12)9-4-2-1-3-5-9/h1-5,7-8H. The van der Waals surface area contributed by atoms with Gasteiger partial charge in [0.1, 0.15) is 6.07 Å². The van der Waals surface area contributed by atoms with Gasteiger partial charge in [-0.15, -0.1) is 0 Å². The molecule has 15 heavy (non-hydrogen) atoms. The summed E-state index contributed by atoms with van der Waals surface area (Å²) in [5.74, 6) is 0. The summed E-state index contributed by atoms with van der Waals surface area (Å²) in [6.07, 6.45) is 3.13. The van der Waals surface area contributed by atoms with E-state index >= 15 is 0 Å². The van der Waals surface area contributed by atoms with Crippen molar-refractivity contribution >= 4 is 11.6 Å². The van der Waals surface area contributed by atoms with Gasteiger partial charge in [0.2, 0.25) is 0 Å². The van der Waals surface area contributed by atoms with E-state index in [-0.39, 0.29) is 0 Å². The zero-order chi connectivity index (χ0) is 10.7. The van der Waals surface area contributed by atoms with Crippen molar-refractivity contribution in [2.75, 3.05) is 0 Å². The number of hydrogen-bond acceptors (Lipinski definition) is 2. The maximum atomic E-state index is 8.82. The number of hydrogen-bond donors (Lipinski definition) is 0. The van der Waals surface area contributed by atoms with Gasteiger partial charge in [-0.1, -0.05) is 41.9 Å². The number of halogens is 1. The maximum Gasteiger partial charge on any atom is 0.102 e. The molecule has 0 bridgehead atoms. The highest BCUT2D eigenvalue weighted by Gasteiger charge is 2.07. The fraction of sp³-hybridized carbons (Fsp3) is 0. The molecule has 3 heteroatoms. The molecule has 2 aromatic rings. The second-order valence-corrected chi connectivity index (χ2v) is 3.40. The molecule has 0 fully saturated rings. The molecule has 2 rings (SSSR count). The van der Waals surface area contributed by atoms with E-state index in [1.807, 2.05) is 36.4 Å². The van der Waals surface area contributed by atoms with E-state index in [4.69, 9.17) is 16.9 Å². The highest BCUT2D eigenvalue weighted by atomic mass is 35.5. The Hall–Kier alpha value is -1.85. The van der Waals surface area contributed by atoms with Gasteiger partial charge in [0, 0.05) is 18.0 Å². The Morgan fingerprint density at radius 1 is 1.13 bits per heavy atom. The summed E-state index contributed by atoms with van der Waals surface area (Å²) in [4.78, 5) is 3.99. The Labute approximate surface area is 92.8 Å². The van der Waals surface area contributed by atoms with Gasteiger partial charge in [-0.05, 0) is 5.56 Å². The van der Waals surface area contributed by atoms with Crippen LogP contribution in [0.5, 0.6) is 0 Å². The Balaban J connectivity index is 2.61. The highest BCUT2D eigenvalue weighted by molar-refractivity contribution is 6.34. The molecule has 0 atom stereocenters. The fourth-order valence-corrected chi connectivity index (χ4v) is 1.59. The number of pyridine rings is 1. The minimum Gasteiger partial charge on any atom is -0.263 e. The zero-order valence-corrected chi connectivity index (χ0v) is 8.57. The monoisotopic (exact) mass is 214 g/mol. The van der Waals surface area contributed by atoms with Gasteiger partial charge < -0.3 is 0 Å². The molecule has 0 N–H and O–H groups in total. The molecule has 2 nitrogen and oxygen atoms in total. The topological polar surface area (TPSA) is 36.7 Å². The van der Waals surface area contributed by atoms with Crippen LogP contribution in [0.2, 0.25) is 5.02 Å². The number of rotatable bonds is 1. The van der Waals surface area contributed by atoms with E-state index in [0.717, 1.165) is 11.1 Å². The first-order valence-electron chi connectivity index (χ1n) is 4.42. The van der Waals surface area contributed by atoms with Crippen molar-refractivity contribution < 1.29 is 0 Å². The first-order chi connectivity index (χ1) is 7.33. The fourth-order valence-electron chi connectivity index (χ4n) is 1.34. The summed E-state index contributed by atoms with van der Waals surface area (Å²) in [5.41, 5.74) is 2.15. The summed E-state index contributed by atoms with van der Waals surface area (Å²) >= 11 is 6.08. The van der Waals surface area contributed by atoms with Crippen molar-refractivity contribution in [1.29, 1.82) is 5.26 Å². The van der Waals surface area contributed by atoms with E-state index in [2.05, 4.69) is 4.98 Å². The minimum absolute atomic E-state index is 0.401. The second-order valence-electron chi connectivity index (χ2n) is 3.03. The van der Waals surface area contributed by atoms with E-state index in [1.54, 1.807) is 6.20 Å². The smallest absolute Gasteiger partial charge is 0.102 e. The molecule has 0 spiro atoms. The summed E-state index contributed by atoms with van der Waals surface area (Å²) < 4.78 is 0. The predicted octanol–water partition coefficient (Wildman–Crippen LogP) is 3.27. The lowest BCUT2D eigenvalue weighted by molar-refractivity contribution is 1.30. The second kappa shape index (κ2) is 4.12. The van der Waals surface area contributed by atoms with Crippen molar-refractivity contribution in [1.82, 2.24) is 4.98 Å². The molecule has 0 aliphatic rings. The Kier molecular flexibility index (Phi) is 2.66. The Morgan fingerprint density at radius 3 is 2.53 bits per heavy atom. The normalized spacial score (nSPS) is 9.60. The molecule has 1 heterocycles. The van der Waals surface area contributed by atoms with Crippen molar-refractivity contribution in [3.05, 3.63) is 53.3 Å². The van der Waals surface area contributed by atoms with Crippen LogP contribution >= 0.6 is 11.6 Å². The third-order valence-electron chi connectivity index (χ3n) is 2.09. The summed E-state index contributed by atoms with van der Waals surface area (Å²) in [6.45, 7) is 0. The van der Waals surface area contributed by atoms with Crippen LogP contribution in [0.1, 0.15) is 5.56 Å². The quantitative estimate of drug-likeness (QED) is 0.731. The Bertz CT molecular complexity index is 515. The lowest BCUT2D eigenvalue weighted by Crippen LogP contribution is -1.86. The lowest BCUT2D eigenvalue weighted by atomic mass is 10.1. The maximum absolute atomic E-state index is 8.82. The van der Waals surface area contributed by atoms with Gasteiger partial charge in [0.05, 0.1) is 10.6 Å². The first kappa shape index (κ1) is 9.70. The summed E-state index contributed by atoms with van der Waals surface area (Å²) in [7, 11) is 0. The highest BCUT2D eigenvalue weighted by Crippen LogP contribution is 2.28. The molecular formula is C12H7ClN2. The third-order valence-corrected chi connectivity index (χ3v) is 2.49. The number of nitriles is 1. The van der Waals surface area contributed by atoms with E-state index < -0.39 is 0 Å². The lowest BCUT2D eigenvalue weighted by Gasteiger charge is -2.04. The SMILES string of the molecule is N#Cc1cncc(-c2ccccc2)c1Cl. The molecule has 0 unspecified atom stereocenters. The van der Waals surface area contributed by atoms with Gasteiger partial charge >= 0.3 is 0 Å². The first-order valence-corrected chi connectivity index (χ1v) is 4.79. The van der Waals surface area contributed by atoms with Crippen molar-refractivity contribution in [2.45, 2.75) is 0 Å². The van der Waals surface area contributed by atoms with Crippen LogP contribution in [-0.2, 0) is 0 Å². The summed E-state index contributed by atoms with van der Waals surface area (Å²) in [5, 5.41) is 9.27. The van der Waals surface area contributed by atoms with Gasteiger partial charge in [0.15, 0.2) is 0 Å². The molecule has 1 aromatic heterocycles. The molecule has 0 saturated heterocycles. The summed E-state index contributed by atoms with van der Waals surface area (Å²) in [6, 6.07) is 11.7. The van der Waals surface area contributed by atoms with Crippen LogP contribution in [0.3, 0.4) is 0 Å². The molecule has 0 aliphatic heterocycles. The van der Waals surface area contributed by atoms with E-state index in [0.29, 0.717) is 10.6 Å². The number of benzene rings is 1. The molecule has 0 saturated carbocycles. The van der Waals surface area contributed by atoms with Crippen molar-refractivity contribution in [2.24, 2.45) is 0 Å². The number of aromatic nitrogens is 1. The third kappa shape index (κ3) is 1.83. The van der Waals surface area contributed by atoms with Crippen LogP contribution in [0.25, 0.3) is 11.1 Å². The van der Waals surface area contributed by atoms with Crippen LogP contribution < -0.4 is 0 Å². The molecule has 0 amide bonds. The molecule has 0 radical (unpaired) electrons. The average Bonchev–Trinajstić information content (AvgIpc) is 2.30. The van der Waals surface area contributed by atoms with E-state index in [9.17, 15) is 0 Å². The van der Waals surface area contributed by atoms with Gasteiger partial charge in [-0.3, -0.25) is 4.98 Å². The van der Waals surface area contributed by atoms with Crippen LogP contribution in [0, 0.1) is 11.3 Å². The van der Waals surface area contributed by atoms with Crippen molar-refractivity contribution in [3.8, 4) is 17.2 Å². The molecule has 0 aliphatic carbocycles. The zero-order valence-electron chi connectivity index (χ0n) is 7.81. The molecule has 72 valence electrons. The minimum atomic E-state index is 0.401. The molecular weight excluding hydrogens is 208 g/mol. The van der Waals surface area contributed by atoms with Crippen LogP contribution in [0.4, 0.5) is 0 Å².